The van der Waals surface area contributed by atoms with E-state index in [2.05, 4.69) is 29.5 Å². The van der Waals surface area contributed by atoms with Crippen molar-refractivity contribution in [2.75, 3.05) is 26.2 Å². The summed E-state index contributed by atoms with van der Waals surface area (Å²) in [4.78, 5) is 14.3. The van der Waals surface area contributed by atoms with Crippen molar-refractivity contribution < 1.29 is 9.53 Å². The van der Waals surface area contributed by atoms with E-state index >= 15 is 0 Å². The lowest BCUT2D eigenvalue weighted by Gasteiger charge is -2.33. The van der Waals surface area contributed by atoms with Crippen molar-refractivity contribution in [1.82, 2.24) is 20.0 Å². The van der Waals surface area contributed by atoms with E-state index in [4.69, 9.17) is 4.74 Å². The number of aromatic nitrogens is 2. The monoisotopic (exact) mass is 342 g/mol. The maximum Gasteiger partial charge on any atom is 0.317 e. The summed E-state index contributed by atoms with van der Waals surface area (Å²) in [6, 6.07) is 12.2. The van der Waals surface area contributed by atoms with Crippen LogP contribution in [0.15, 0.2) is 48.8 Å². The third-order valence-corrected chi connectivity index (χ3v) is 4.39. The summed E-state index contributed by atoms with van der Waals surface area (Å²) in [6.07, 6.45) is 4.60. The lowest BCUT2D eigenvalue weighted by Crippen LogP contribution is -2.50. The Labute approximate surface area is 148 Å². The molecule has 0 unspecified atom stereocenters. The molecular formula is C19H26N4O2. The second kappa shape index (κ2) is 8.67. The summed E-state index contributed by atoms with van der Waals surface area (Å²) in [6.45, 7) is 5.42. The first kappa shape index (κ1) is 17.5. The van der Waals surface area contributed by atoms with Crippen molar-refractivity contribution in [3.63, 3.8) is 0 Å². The quantitative estimate of drug-likeness (QED) is 0.875. The second-order valence-electron chi connectivity index (χ2n) is 6.65. The molecule has 1 aliphatic rings. The van der Waals surface area contributed by atoms with Crippen LogP contribution in [0.5, 0.6) is 0 Å². The molecule has 2 atom stereocenters. The number of rotatable bonds is 6. The Hall–Kier alpha value is -2.34. The van der Waals surface area contributed by atoms with E-state index < -0.39 is 0 Å². The molecule has 6 nitrogen and oxygen atoms in total. The largest absolute Gasteiger partial charge is 0.374 e. The molecule has 2 aromatic rings. The van der Waals surface area contributed by atoms with Crippen molar-refractivity contribution >= 4 is 6.03 Å². The van der Waals surface area contributed by atoms with E-state index in [1.54, 1.807) is 6.20 Å². The molecule has 1 N–H and O–H groups in total. The molecule has 1 aliphatic heterocycles. The highest BCUT2D eigenvalue weighted by molar-refractivity contribution is 5.74. The second-order valence-corrected chi connectivity index (χ2v) is 6.65. The number of urea groups is 1. The molecule has 1 aromatic carbocycles. The predicted molar refractivity (Wildman–Crippen MR) is 96.2 cm³/mol. The zero-order valence-corrected chi connectivity index (χ0v) is 14.7. The average Bonchev–Trinajstić information content (AvgIpc) is 3.14. The minimum absolute atomic E-state index is 0.00585. The molecule has 3 rings (SSSR count). The van der Waals surface area contributed by atoms with Gasteiger partial charge in [0, 0.05) is 45.0 Å². The van der Waals surface area contributed by atoms with Crippen molar-refractivity contribution in [3.8, 4) is 0 Å². The fourth-order valence-electron chi connectivity index (χ4n) is 3.07. The molecule has 2 heterocycles. The van der Waals surface area contributed by atoms with Gasteiger partial charge in [0.1, 0.15) is 0 Å². The Bertz CT molecular complexity index is 645. The van der Waals surface area contributed by atoms with Gasteiger partial charge in [0.25, 0.3) is 0 Å². The number of nitrogens with zero attached hydrogens (tertiary/aromatic N) is 3. The number of ether oxygens (including phenoxy) is 1. The van der Waals surface area contributed by atoms with Crippen LogP contribution in [0.25, 0.3) is 0 Å². The molecule has 1 fully saturated rings. The maximum atomic E-state index is 12.4. The Morgan fingerprint density at radius 2 is 2.20 bits per heavy atom. The number of carbonyl (C=O) groups excluding carboxylic acids is 1. The van der Waals surface area contributed by atoms with Crippen LogP contribution in [0.3, 0.4) is 0 Å². The number of nitrogens with one attached hydrogen (secondary N) is 1. The van der Waals surface area contributed by atoms with Gasteiger partial charge in [0.2, 0.25) is 0 Å². The number of morpholine rings is 1. The van der Waals surface area contributed by atoms with Gasteiger partial charge in [-0.3, -0.25) is 4.68 Å². The van der Waals surface area contributed by atoms with Gasteiger partial charge in [-0.25, -0.2) is 4.79 Å². The average molecular weight is 342 g/mol. The third-order valence-electron chi connectivity index (χ3n) is 4.39. The lowest BCUT2D eigenvalue weighted by molar-refractivity contribution is -0.0133. The summed E-state index contributed by atoms with van der Waals surface area (Å²) in [5.74, 6) is 0.324. The molecule has 0 bridgehead atoms. The number of benzene rings is 1. The summed E-state index contributed by atoms with van der Waals surface area (Å²) < 4.78 is 7.72. The zero-order chi connectivity index (χ0) is 17.5. The van der Waals surface area contributed by atoms with Gasteiger partial charge in [-0.2, -0.15) is 5.10 Å². The predicted octanol–water partition coefficient (Wildman–Crippen LogP) is 2.17. The van der Waals surface area contributed by atoms with Crippen LogP contribution in [0.1, 0.15) is 12.5 Å². The highest BCUT2D eigenvalue weighted by atomic mass is 16.5. The van der Waals surface area contributed by atoms with Gasteiger partial charge in [0.15, 0.2) is 0 Å². The number of hydrogen-bond donors (Lipinski definition) is 1. The van der Waals surface area contributed by atoms with Crippen LogP contribution in [-0.2, 0) is 17.7 Å². The normalized spacial score (nSPS) is 18.8. The van der Waals surface area contributed by atoms with E-state index in [1.807, 2.05) is 40.0 Å². The molecule has 2 amide bonds. The van der Waals surface area contributed by atoms with Crippen molar-refractivity contribution in [1.29, 1.82) is 0 Å². The standard InChI is InChI=1S/C19H26N4O2/c1-16(14-23-9-5-8-21-23)13-20-19(24)22-10-11-25-18(15-22)12-17-6-3-2-4-7-17/h2-9,16,18H,10-15H2,1H3,(H,20,24)/t16-,18-/m0/s1. The molecule has 134 valence electrons. The van der Waals surface area contributed by atoms with Crippen LogP contribution < -0.4 is 5.32 Å². The summed E-state index contributed by atoms with van der Waals surface area (Å²) >= 11 is 0. The summed E-state index contributed by atoms with van der Waals surface area (Å²) in [5, 5.41) is 7.24. The van der Waals surface area contributed by atoms with Crippen LogP contribution in [0, 0.1) is 5.92 Å². The molecule has 1 aromatic heterocycles. The number of carbonyl (C=O) groups is 1. The Morgan fingerprint density at radius 1 is 1.36 bits per heavy atom. The summed E-state index contributed by atoms with van der Waals surface area (Å²) in [5.41, 5.74) is 1.24. The van der Waals surface area contributed by atoms with E-state index in [9.17, 15) is 4.79 Å². The summed E-state index contributed by atoms with van der Waals surface area (Å²) in [7, 11) is 0. The maximum absolute atomic E-state index is 12.4. The van der Waals surface area contributed by atoms with Gasteiger partial charge in [0.05, 0.1) is 12.7 Å². The molecule has 6 heteroatoms. The molecule has 0 radical (unpaired) electrons. The first-order chi connectivity index (χ1) is 12.2. The number of hydrogen-bond acceptors (Lipinski definition) is 3. The van der Waals surface area contributed by atoms with Crippen LogP contribution in [0.4, 0.5) is 4.79 Å². The van der Waals surface area contributed by atoms with Gasteiger partial charge in [-0.15, -0.1) is 0 Å². The van der Waals surface area contributed by atoms with Gasteiger partial charge < -0.3 is 15.0 Å². The van der Waals surface area contributed by atoms with Gasteiger partial charge in [-0.1, -0.05) is 37.3 Å². The highest BCUT2D eigenvalue weighted by Crippen LogP contribution is 2.12. The van der Waals surface area contributed by atoms with E-state index in [-0.39, 0.29) is 12.1 Å². The van der Waals surface area contributed by atoms with Crippen LogP contribution in [0.2, 0.25) is 0 Å². The smallest absolute Gasteiger partial charge is 0.317 e. The third kappa shape index (κ3) is 5.32. The molecule has 0 aliphatic carbocycles. The van der Waals surface area contributed by atoms with Crippen LogP contribution in [-0.4, -0.2) is 53.1 Å². The van der Waals surface area contributed by atoms with Gasteiger partial charge >= 0.3 is 6.03 Å². The SMILES string of the molecule is C[C@@H](CNC(=O)N1CCO[C@@H](Cc2ccccc2)C1)Cn1cccn1. The molecule has 25 heavy (non-hydrogen) atoms. The lowest BCUT2D eigenvalue weighted by atomic mass is 10.1. The number of amides is 2. The Kier molecular flexibility index (Phi) is 6.06. The molecule has 0 spiro atoms. The molecule has 0 saturated carbocycles. The fourth-order valence-corrected chi connectivity index (χ4v) is 3.07. The van der Waals surface area contributed by atoms with E-state index in [1.165, 1.54) is 5.56 Å². The molecular weight excluding hydrogens is 316 g/mol. The van der Waals surface area contributed by atoms with Crippen molar-refractivity contribution in [2.24, 2.45) is 5.92 Å². The van der Waals surface area contributed by atoms with Crippen molar-refractivity contribution in [3.05, 3.63) is 54.4 Å². The van der Waals surface area contributed by atoms with Gasteiger partial charge in [-0.05, 0) is 17.5 Å². The van der Waals surface area contributed by atoms with Crippen molar-refractivity contribution in [2.45, 2.75) is 26.0 Å². The Balaban J connectivity index is 1.43. The van der Waals surface area contributed by atoms with Crippen LogP contribution >= 0.6 is 0 Å². The fraction of sp³-hybridized carbons (Fsp3) is 0.474. The first-order valence-corrected chi connectivity index (χ1v) is 8.86. The van der Waals surface area contributed by atoms with E-state index in [0.717, 1.165) is 13.0 Å². The minimum atomic E-state index is -0.00585. The first-order valence-electron chi connectivity index (χ1n) is 8.86. The minimum Gasteiger partial charge on any atom is -0.374 e. The highest BCUT2D eigenvalue weighted by Gasteiger charge is 2.24. The zero-order valence-electron chi connectivity index (χ0n) is 14.7. The van der Waals surface area contributed by atoms with E-state index in [0.29, 0.717) is 32.2 Å². The topological polar surface area (TPSA) is 59.4 Å². The molecule has 1 saturated heterocycles. The Morgan fingerprint density at radius 3 is 2.96 bits per heavy atom.